The summed E-state index contributed by atoms with van der Waals surface area (Å²) in [5, 5.41) is 9.98. The van der Waals surface area contributed by atoms with E-state index in [9.17, 15) is 5.11 Å². The molecule has 1 saturated carbocycles. The number of nitrogens with zero attached hydrogens (tertiary/aromatic N) is 1. The highest BCUT2D eigenvalue weighted by Crippen LogP contribution is 2.42. The Morgan fingerprint density at radius 1 is 1.31 bits per heavy atom. The molecule has 5 heteroatoms. The Morgan fingerprint density at radius 3 is 2.81 bits per heavy atom. The van der Waals surface area contributed by atoms with Gasteiger partial charge in [0.15, 0.2) is 0 Å². The standard InChI is InChI=1S/C21H30N4O/c1-25(2)11-10-14-6-5-8-16(14)19-13-15(21(23)24-19)12-18(22)17-7-3-4-9-20(17)26/h3-4,7,9,12-14,16,24,26H,5-6,8,10-11,22-23H2,1-2H3/b18-12-/t14-,16?/m1/s1. The fourth-order valence-electron chi connectivity index (χ4n) is 4.01. The predicted molar refractivity (Wildman–Crippen MR) is 109 cm³/mol. The van der Waals surface area contributed by atoms with Gasteiger partial charge in [-0.2, -0.15) is 0 Å². The lowest BCUT2D eigenvalue weighted by molar-refractivity contribution is 0.336. The molecular formula is C21H30N4O. The SMILES string of the molecule is CN(C)CC[C@H]1CCCC1c1cc(/C=C(\N)c2ccccc2O)c(N)[nH]1. The Morgan fingerprint density at radius 2 is 2.08 bits per heavy atom. The number of phenolic OH excluding ortho intramolecular Hbond substituents is 1. The molecular weight excluding hydrogens is 324 g/mol. The summed E-state index contributed by atoms with van der Waals surface area (Å²) in [6.07, 6.45) is 6.81. The molecule has 0 radical (unpaired) electrons. The number of aromatic hydroxyl groups is 1. The Kier molecular flexibility index (Phi) is 5.57. The number of hydrogen-bond donors (Lipinski definition) is 4. The van der Waals surface area contributed by atoms with Crippen LogP contribution in [-0.4, -0.2) is 35.6 Å². The highest BCUT2D eigenvalue weighted by Gasteiger charge is 2.29. The van der Waals surface area contributed by atoms with E-state index in [0.717, 1.165) is 12.1 Å². The average molecular weight is 354 g/mol. The zero-order valence-electron chi connectivity index (χ0n) is 15.7. The Balaban J connectivity index is 1.81. The minimum Gasteiger partial charge on any atom is -0.507 e. The number of phenols is 1. The molecule has 1 fully saturated rings. The third-order valence-electron chi connectivity index (χ3n) is 5.43. The normalized spacial score (nSPS) is 20.8. The van der Waals surface area contributed by atoms with Crippen molar-refractivity contribution >= 4 is 17.6 Å². The number of benzene rings is 1. The number of H-pyrrole nitrogens is 1. The molecule has 1 aliphatic rings. The van der Waals surface area contributed by atoms with Gasteiger partial charge in [0.1, 0.15) is 11.6 Å². The molecule has 1 unspecified atom stereocenters. The molecule has 0 amide bonds. The van der Waals surface area contributed by atoms with E-state index in [1.54, 1.807) is 18.2 Å². The largest absolute Gasteiger partial charge is 0.507 e. The molecule has 6 N–H and O–H groups in total. The summed E-state index contributed by atoms with van der Waals surface area (Å²) in [4.78, 5) is 5.63. The van der Waals surface area contributed by atoms with Gasteiger partial charge in [0, 0.05) is 28.4 Å². The Labute approximate surface area is 155 Å². The minimum absolute atomic E-state index is 0.176. The summed E-state index contributed by atoms with van der Waals surface area (Å²) in [5.41, 5.74) is 15.6. The molecule has 1 aromatic heterocycles. The fraction of sp³-hybridized carbons (Fsp3) is 0.429. The first-order valence-corrected chi connectivity index (χ1v) is 9.34. The number of nitrogen functional groups attached to an aromatic ring is 1. The first-order valence-electron chi connectivity index (χ1n) is 9.34. The maximum absolute atomic E-state index is 9.98. The zero-order chi connectivity index (χ0) is 18.7. The molecule has 1 aliphatic carbocycles. The summed E-state index contributed by atoms with van der Waals surface area (Å²) < 4.78 is 0. The highest BCUT2D eigenvalue weighted by atomic mass is 16.3. The van der Waals surface area contributed by atoms with Gasteiger partial charge in [-0.05, 0) is 70.1 Å². The van der Waals surface area contributed by atoms with Gasteiger partial charge in [-0.1, -0.05) is 18.6 Å². The molecule has 26 heavy (non-hydrogen) atoms. The molecule has 3 rings (SSSR count). The molecule has 2 aromatic rings. The van der Waals surface area contributed by atoms with Gasteiger partial charge in [-0.3, -0.25) is 0 Å². The molecule has 0 saturated heterocycles. The van der Waals surface area contributed by atoms with Gasteiger partial charge in [0.2, 0.25) is 0 Å². The lowest BCUT2D eigenvalue weighted by Crippen LogP contribution is -2.18. The fourth-order valence-corrected chi connectivity index (χ4v) is 4.01. The van der Waals surface area contributed by atoms with E-state index >= 15 is 0 Å². The third-order valence-corrected chi connectivity index (χ3v) is 5.43. The van der Waals surface area contributed by atoms with Crippen molar-refractivity contribution in [3.05, 3.63) is 47.2 Å². The number of para-hydroxylation sites is 1. The van der Waals surface area contributed by atoms with Crippen molar-refractivity contribution in [3.63, 3.8) is 0 Å². The quantitative estimate of drug-likeness (QED) is 0.638. The molecule has 140 valence electrons. The maximum Gasteiger partial charge on any atom is 0.124 e. The minimum atomic E-state index is 0.176. The van der Waals surface area contributed by atoms with Gasteiger partial charge in [-0.15, -0.1) is 0 Å². The van der Waals surface area contributed by atoms with E-state index in [1.807, 2.05) is 12.1 Å². The van der Waals surface area contributed by atoms with Crippen LogP contribution in [0.3, 0.4) is 0 Å². The van der Waals surface area contributed by atoms with Crippen LogP contribution < -0.4 is 11.5 Å². The van der Waals surface area contributed by atoms with Gasteiger partial charge in [0.25, 0.3) is 0 Å². The second kappa shape index (κ2) is 7.87. The number of aromatic nitrogens is 1. The van der Waals surface area contributed by atoms with Crippen molar-refractivity contribution in [2.75, 3.05) is 26.4 Å². The smallest absolute Gasteiger partial charge is 0.124 e. The first-order chi connectivity index (χ1) is 12.5. The summed E-state index contributed by atoms with van der Waals surface area (Å²) in [6, 6.07) is 9.20. The molecule has 0 spiro atoms. The molecule has 5 nitrogen and oxygen atoms in total. The third kappa shape index (κ3) is 4.05. The van der Waals surface area contributed by atoms with E-state index in [2.05, 4.69) is 30.0 Å². The van der Waals surface area contributed by atoms with Crippen molar-refractivity contribution < 1.29 is 5.11 Å². The van der Waals surface area contributed by atoms with Gasteiger partial charge in [-0.25, -0.2) is 0 Å². The summed E-state index contributed by atoms with van der Waals surface area (Å²) in [7, 11) is 4.25. The van der Waals surface area contributed by atoms with Crippen LogP contribution in [0.15, 0.2) is 30.3 Å². The van der Waals surface area contributed by atoms with E-state index in [1.165, 1.54) is 31.4 Å². The molecule has 2 atom stereocenters. The lowest BCUT2D eigenvalue weighted by atomic mass is 9.90. The lowest BCUT2D eigenvalue weighted by Gasteiger charge is -2.20. The van der Waals surface area contributed by atoms with E-state index in [-0.39, 0.29) is 5.75 Å². The Hall–Kier alpha value is -2.40. The van der Waals surface area contributed by atoms with Crippen molar-refractivity contribution in [1.29, 1.82) is 0 Å². The van der Waals surface area contributed by atoms with Crippen molar-refractivity contribution in [1.82, 2.24) is 9.88 Å². The van der Waals surface area contributed by atoms with Crippen LogP contribution in [0.1, 0.15) is 48.4 Å². The van der Waals surface area contributed by atoms with E-state index in [0.29, 0.717) is 28.9 Å². The summed E-state index contributed by atoms with van der Waals surface area (Å²) in [5.74, 6) is 2.04. The predicted octanol–water partition coefficient (Wildman–Crippen LogP) is 3.59. The summed E-state index contributed by atoms with van der Waals surface area (Å²) >= 11 is 0. The van der Waals surface area contributed by atoms with Crippen LogP contribution >= 0.6 is 0 Å². The number of hydrogen-bond acceptors (Lipinski definition) is 4. The van der Waals surface area contributed by atoms with Gasteiger partial charge < -0.3 is 26.5 Å². The zero-order valence-corrected chi connectivity index (χ0v) is 15.7. The van der Waals surface area contributed by atoms with Crippen LogP contribution in [-0.2, 0) is 0 Å². The number of rotatable bonds is 6. The second-order valence-electron chi connectivity index (χ2n) is 7.60. The van der Waals surface area contributed by atoms with Crippen molar-refractivity contribution in [3.8, 4) is 5.75 Å². The average Bonchev–Trinajstić information content (AvgIpc) is 3.20. The van der Waals surface area contributed by atoms with E-state index in [4.69, 9.17) is 11.5 Å². The highest BCUT2D eigenvalue weighted by molar-refractivity contribution is 5.84. The molecule has 0 aliphatic heterocycles. The molecule has 1 aromatic carbocycles. The topological polar surface area (TPSA) is 91.3 Å². The second-order valence-corrected chi connectivity index (χ2v) is 7.60. The van der Waals surface area contributed by atoms with Crippen molar-refractivity contribution in [2.45, 2.75) is 31.6 Å². The van der Waals surface area contributed by atoms with Gasteiger partial charge in [0.05, 0.1) is 0 Å². The molecule has 0 bridgehead atoms. The first kappa shape index (κ1) is 18.4. The van der Waals surface area contributed by atoms with Crippen LogP contribution in [0.2, 0.25) is 0 Å². The Bertz CT molecular complexity index is 778. The number of nitrogens with one attached hydrogen (secondary N) is 1. The van der Waals surface area contributed by atoms with Crippen molar-refractivity contribution in [2.24, 2.45) is 11.7 Å². The van der Waals surface area contributed by atoms with Gasteiger partial charge >= 0.3 is 0 Å². The number of aromatic amines is 1. The number of nitrogens with two attached hydrogens (primary N) is 2. The summed E-state index contributed by atoms with van der Waals surface area (Å²) in [6.45, 7) is 1.12. The van der Waals surface area contributed by atoms with Crippen LogP contribution in [0, 0.1) is 5.92 Å². The van der Waals surface area contributed by atoms with Crippen LogP contribution in [0.4, 0.5) is 5.82 Å². The number of anilines is 1. The van der Waals surface area contributed by atoms with Crippen LogP contribution in [0.25, 0.3) is 11.8 Å². The molecule has 1 heterocycles. The van der Waals surface area contributed by atoms with E-state index < -0.39 is 0 Å². The monoisotopic (exact) mass is 354 g/mol. The maximum atomic E-state index is 9.98. The van der Waals surface area contributed by atoms with Crippen LogP contribution in [0.5, 0.6) is 5.75 Å².